The van der Waals surface area contributed by atoms with E-state index in [1.807, 2.05) is 6.07 Å². The molecule has 1 aromatic rings. The SMILES string of the molecule is COc1cc2c(cc1OC)CN(C)CC=C2. The third-order valence-electron chi connectivity index (χ3n) is 2.80. The van der Waals surface area contributed by atoms with E-state index in [1.165, 1.54) is 11.1 Å². The minimum absolute atomic E-state index is 0.787. The van der Waals surface area contributed by atoms with Gasteiger partial charge in [0.2, 0.25) is 0 Å². The van der Waals surface area contributed by atoms with Gasteiger partial charge in [-0.3, -0.25) is 4.90 Å². The van der Waals surface area contributed by atoms with E-state index in [-0.39, 0.29) is 0 Å². The molecule has 0 fully saturated rings. The van der Waals surface area contributed by atoms with Crippen molar-refractivity contribution in [1.29, 1.82) is 0 Å². The monoisotopic (exact) mass is 219 g/mol. The zero-order chi connectivity index (χ0) is 11.5. The highest BCUT2D eigenvalue weighted by molar-refractivity contribution is 5.61. The van der Waals surface area contributed by atoms with Gasteiger partial charge in [-0.15, -0.1) is 0 Å². The fourth-order valence-corrected chi connectivity index (χ4v) is 1.94. The van der Waals surface area contributed by atoms with Crippen LogP contribution in [0.3, 0.4) is 0 Å². The molecule has 0 spiro atoms. The average Bonchev–Trinajstić information content (AvgIpc) is 2.47. The minimum Gasteiger partial charge on any atom is -0.493 e. The summed E-state index contributed by atoms with van der Waals surface area (Å²) < 4.78 is 10.6. The van der Waals surface area contributed by atoms with Crippen LogP contribution in [0.2, 0.25) is 0 Å². The number of fused-ring (bicyclic) bond motifs is 1. The first-order chi connectivity index (χ1) is 7.74. The number of methoxy groups -OCH3 is 2. The Labute approximate surface area is 96.3 Å². The summed E-state index contributed by atoms with van der Waals surface area (Å²) in [6, 6.07) is 4.09. The summed E-state index contributed by atoms with van der Waals surface area (Å²) in [5.74, 6) is 1.58. The lowest BCUT2D eigenvalue weighted by atomic mass is 10.1. The summed E-state index contributed by atoms with van der Waals surface area (Å²) in [4.78, 5) is 2.26. The van der Waals surface area contributed by atoms with Crippen LogP contribution in [0.4, 0.5) is 0 Å². The van der Waals surface area contributed by atoms with Gasteiger partial charge >= 0.3 is 0 Å². The predicted molar refractivity (Wildman–Crippen MR) is 64.9 cm³/mol. The van der Waals surface area contributed by atoms with Crippen molar-refractivity contribution in [1.82, 2.24) is 4.90 Å². The Bertz CT molecular complexity index is 413. The Kier molecular flexibility index (Phi) is 3.15. The van der Waals surface area contributed by atoms with Gasteiger partial charge in [-0.1, -0.05) is 12.2 Å². The van der Waals surface area contributed by atoms with Crippen molar-refractivity contribution in [3.63, 3.8) is 0 Å². The minimum atomic E-state index is 0.787. The first kappa shape index (κ1) is 11.0. The van der Waals surface area contributed by atoms with Crippen molar-refractivity contribution in [2.24, 2.45) is 0 Å². The van der Waals surface area contributed by atoms with Crippen molar-refractivity contribution in [2.45, 2.75) is 6.54 Å². The summed E-state index contributed by atoms with van der Waals surface area (Å²) >= 11 is 0. The predicted octanol–water partition coefficient (Wildman–Crippen LogP) is 2.16. The van der Waals surface area contributed by atoms with Crippen molar-refractivity contribution in [2.75, 3.05) is 27.8 Å². The summed E-state index contributed by atoms with van der Waals surface area (Å²) in [7, 11) is 5.44. The summed E-state index contributed by atoms with van der Waals surface area (Å²) in [6.07, 6.45) is 4.30. The summed E-state index contributed by atoms with van der Waals surface area (Å²) in [6.45, 7) is 1.90. The molecule has 1 aliphatic rings. The molecule has 0 saturated carbocycles. The zero-order valence-electron chi connectivity index (χ0n) is 9.99. The molecule has 86 valence electrons. The summed E-state index contributed by atoms with van der Waals surface area (Å²) in [5.41, 5.74) is 2.48. The number of rotatable bonds is 2. The molecule has 1 heterocycles. The lowest BCUT2D eigenvalue weighted by Crippen LogP contribution is -2.16. The molecular formula is C13H17NO2. The molecular weight excluding hydrogens is 202 g/mol. The molecule has 1 aliphatic heterocycles. The first-order valence-electron chi connectivity index (χ1n) is 5.34. The lowest BCUT2D eigenvalue weighted by Gasteiger charge is -2.15. The second kappa shape index (κ2) is 4.58. The molecule has 0 aliphatic carbocycles. The van der Waals surface area contributed by atoms with E-state index >= 15 is 0 Å². The Hall–Kier alpha value is -1.48. The van der Waals surface area contributed by atoms with E-state index in [0.29, 0.717) is 0 Å². The van der Waals surface area contributed by atoms with E-state index in [4.69, 9.17) is 9.47 Å². The van der Waals surface area contributed by atoms with E-state index in [9.17, 15) is 0 Å². The fourth-order valence-electron chi connectivity index (χ4n) is 1.94. The molecule has 16 heavy (non-hydrogen) atoms. The Morgan fingerprint density at radius 3 is 2.50 bits per heavy atom. The fraction of sp³-hybridized carbons (Fsp3) is 0.385. The molecule has 0 amide bonds. The van der Waals surface area contributed by atoms with Crippen LogP contribution in [0.15, 0.2) is 18.2 Å². The standard InChI is InChI=1S/C13H17NO2/c1-14-6-4-5-10-7-12(15-2)13(16-3)8-11(10)9-14/h4-5,7-8H,6,9H2,1-3H3. The van der Waals surface area contributed by atoms with E-state index in [2.05, 4.69) is 30.2 Å². The molecule has 0 unspecified atom stereocenters. The van der Waals surface area contributed by atoms with Crippen LogP contribution in [-0.4, -0.2) is 32.7 Å². The largest absolute Gasteiger partial charge is 0.493 e. The van der Waals surface area contributed by atoms with E-state index in [0.717, 1.165) is 24.6 Å². The topological polar surface area (TPSA) is 21.7 Å². The lowest BCUT2D eigenvalue weighted by molar-refractivity contribution is 0.348. The van der Waals surface area contributed by atoms with Crippen molar-refractivity contribution >= 4 is 6.08 Å². The molecule has 3 nitrogen and oxygen atoms in total. The van der Waals surface area contributed by atoms with Crippen molar-refractivity contribution in [3.8, 4) is 11.5 Å². The Morgan fingerprint density at radius 1 is 1.12 bits per heavy atom. The van der Waals surface area contributed by atoms with E-state index < -0.39 is 0 Å². The van der Waals surface area contributed by atoms with Crippen LogP contribution < -0.4 is 9.47 Å². The van der Waals surface area contributed by atoms with Crippen molar-refractivity contribution < 1.29 is 9.47 Å². The van der Waals surface area contributed by atoms with Crippen LogP contribution in [0.1, 0.15) is 11.1 Å². The zero-order valence-corrected chi connectivity index (χ0v) is 9.99. The third-order valence-corrected chi connectivity index (χ3v) is 2.80. The highest BCUT2D eigenvalue weighted by atomic mass is 16.5. The molecule has 0 aromatic heterocycles. The first-order valence-corrected chi connectivity index (χ1v) is 5.34. The van der Waals surface area contributed by atoms with Gasteiger partial charge in [0.05, 0.1) is 14.2 Å². The van der Waals surface area contributed by atoms with Crippen molar-refractivity contribution in [3.05, 3.63) is 29.3 Å². The normalized spacial score (nSPS) is 15.4. The Balaban J connectivity index is 2.47. The summed E-state index contributed by atoms with van der Waals surface area (Å²) in [5, 5.41) is 0. The van der Waals surface area contributed by atoms with Crippen LogP contribution in [0.25, 0.3) is 6.08 Å². The molecule has 0 bridgehead atoms. The van der Waals surface area contributed by atoms with E-state index in [1.54, 1.807) is 14.2 Å². The number of likely N-dealkylation sites (N-methyl/N-ethyl adjacent to an activating group) is 1. The smallest absolute Gasteiger partial charge is 0.161 e. The van der Waals surface area contributed by atoms with Crippen LogP contribution >= 0.6 is 0 Å². The average molecular weight is 219 g/mol. The molecule has 0 saturated heterocycles. The van der Waals surface area contributed by atoms with Gasteiger partial charge < -0.3 is 9.47 Å². The van der Waals surface area contributed by atoms with Gasteiger partial charge in [0, 0.05) is 13.1 Å². The van der Waals surface area contributed by atoms with Gasteiger partial charge in [-0.05, 0) is 30.3 Å². The highest BCUT2D eigenvalue weighted by Crippen LogP contribution is 2.32. The van der Waals surface area contributed by atoms with Gasteiger partial charge in [-0.2, -0.15) is 0 Å². The number of benzene rings is 1. The van der Waals surface area contributed by atoms with Gasteiger partial charge in [0.15, 0.2) is 11.5 Å². The van der Waals surface area contributed by atoms with Crippen LogP contribution in [0.5, 0.6) is 11.5 Å². The van der Waals surface area contributed by atoms with Crippen LogP contribution in [-0.2, 0) is 6.54 Å². The maximum Gasteiger partial charge on any atom is 0.161 e. The van der Waals surface area contributed by atoms with Gasteiger partial charge in [0.25, 0.3) is 0 Å². The molecule has 0 N–H and O–H groups in total. The Morgan fingerprint density at radius 2 is 1.81 bits per heavy atom. The third kappa shape index (κ3) is 2.04. The number of hydrogen-bond acceptors (Lipinski definition) is 3. The number of nitrogens with zero attached hydrogens (tertiary/aromatic N) is 1. The molecule has 2 rings (SSSR count). The second-order valence-electron chi connectivity index (χ2n) is 4.01. The molecule has 1 aromatic carbocycles. The van der Waals surface area contributed by atoms with Gasteiger partial charge in [0.1, 0.15) is 0 Å². The maximum absolute atomic E-state index is 5.31. The van der Waals surface area contributed by atoms with Crippen LogP contribution in [0, 0.1) is 0 Å². The second-order valence-corrected chi connectivity index (χ2v) is 4.01. The number of hydrogen-bond donors (Lipinski definition) is 0. The molecule has 0 radical (unpaired) electrons. The molecule has 3 heteroatoms. The number of ether oxygens (including phenoxy) is 2. The quantitative estimate of drug-likeness (QED) is 0.761. The van der Waals surface area contributed by atoms with Gasteiger partial charge in [-0.25, -0.2) is 0 Å². The highest BCUT2D eigenvalue weighted by Gasteiger charge is 2.12. The molecule has 0 atom stereocenters. The maximum atomic E-state index is 5.31.